The molecule has 5 nitrogen and oxygen atoms in total. The number of esters is 1. The Morgan fingerprint density at radius 1 is 1.61 bits per heavy atom. The van der Waals surface area contributed by atoms with Gasteiger partial charge in [-0.2, -0.15) is 0 Å². The van der Waals surface area contributed by atoms with Crippen molar-refractivity contribution in [2.24, 2.45) is 0 Å². The third-order valence-electron chi connectivity index (χ3n) is 2.93. The van der Waals surface area contributed by atoms with E-state index in [0.29, 0.717) is 6.54 Å². The van der Waals surface area contributed by atoms with Crippen molar-refractivity contribution in [3.63, 3.8) is 0 Å². The molecule has 2 heterocycles. The van der Waals surface area contributed by atoms with Crippen LogP contribution in [0.15, 0.2) is 24.5 Å². The fraction of sp³-hybridized carbons (Fsp3) is 0.538. The highest BCUT2D eigenvalue weighted by atomic mass is 16.6. The van der Waals surface area contributed by atoms with E-state index in [9.17, 15) is 4.79 Å². The summed E-state index contributed by atoms with van der Waals surface area (Å²) in [4.78, 5) is 17.8. The van der Waals surface area contributed by atoms with Gasteiger partial charge in [-0.25, -0.2) is 4.79 Å². The Bertz CT molecular complexity index is 396. The molecule has 18 heavy (non-hydrogen) atoms. The van der Waals surface area contributed by atoms with E-state index in [1.54, 1.807) is 6.20 Å². The number of aromatic nitrogens is 1. The smallest absolute Gasteiger partial charge is 0.336 e. The molecule has 0 radical (unpaired) electrons. The fourth-order valence-electron chi connectivity index (χ4n) is 2.18. The van der Waals surface area contributed by atoms with E-state index in [4.69, 9.17) is 9.47 Å². The first-order valence-electron chi connectivity index (χ1n) is 6.03. The van der Waals surface area contributed by atoms with Crippen LogP contribution in [0.1, 0.15) is 12.5 Å². The first kappa shape index (κ1) is 13.0. The number of hydrogen-bond acceptors (Lipinski definition) is 5. The van der Waals surface area contributed by atoms with Crippen molar-refractivity contribution in [2.45, 2.75) is 25.7 Å². The minimum atomic E-state index is -0.490. The molecule has 0 unspecified atom stereocenters. The average Bonchev–Trinajstić information content (AvgIpc) is 2.38. The van der Waals surface area contributed by atoms with Gasteiger partial charge in [-0.15, -0.1) is 0 Å². The molecule has 0 saturated carbocycles. The number of rotatable bonds is 3. The standard InChI is InChI=1S/C13H18N2O3/c1-10-7-15(8-11-4-3-5-14-6-11)9-12(18-10)13(16)17-2/h3-6,10,12H,7-9H2,1-2H3/t10-,12-/m1/s1. The van der Waals surface area contributed by atoms with Crippen LogP contribution in [-0.4, -0.2) is 48.3 Å². The molecule has 1 saturated heterocycles. The van der Waals surface area contributed by atoms with Gasteiger partial charge in [0.15, 0.2) is 6.10 Å². The van der Waals surface area contributed by atoms with Gasteiger partial charge in [0, 0.05) is 32.0 Å². The second-order valence-electron chi connectivity index (χ2n) is 4.51. The first-order valence-corrected chi connectivity index (χ1v) is 6.03. The maximum absolute atomic E-state index is 11.5. The molecule has 0 N–H and O–H groups in total. The topological polar surface area (TPSA) is 51.7 Å². The summed E-state index contributed by atoms with van der Waals surface area (Å²) in [6.45, 7) is 4.11. The molecule has 2 atom stereocenters. The van der Waals surface area contributed by atoms with E-state index in [-0.39, 0.29) is 12.1 Å². The number of methoxy groups -OCH3 is 1. The maximum Gasteiger partial charge on any atom is 0.336 e. The number of hydrogen-bond donors (Lipinski definition) is 0. The van der Waals surface area contributed by atoms with Crippen molar-refractivity contribution in [1.82, 2.24) is 9.88 Å². The van der Waals surface area contributed by atoms with Crippen molar-refractivity contribution in [3.8, 4) is 0 Å². The van der Waals surface area contributed by atoms with Crippen LogP contribution in [0.4, 0.5) is 0 Å². The molecule has 0 spiro atoms. The molecule has 1 fully saturated rings. The second-order valence-corrected chi connectivity index (χ2v) is 4.51. The summed E-state index contributed by atoms with van der Waals surface area (Å²) in [5.41, 5.74) is 1.13. The number of carbonyl (C=O) groups is 1. The number of morpholine rings is 1. The highest BCUT2D eigenvalue weighted by Gasteiger charge is 2.30. The van der Waals surface area contributed by atoms with E-state index in [1.807, 2.05) is 25.3 Å². The highest BCUT2D eigenvalue weighted by Crippen LogP contribution is 2.14. The molecule has 1 aliphatic rings. The van der Waals surface area contributed by atoms with E-state index in [1.165, 1.54) is 7.11 Å². The summed E-state index contributed by atoms with van der Waals surface area (Å²) in [5.74, 6) is -0.308. The van der Waals surface area contributed by atoms with Crippen molar-refractivity contribution >= 4 is 5.97 Å². The Balaban J connectivity index is 1.98. The Kier molecular flexibility index (Phi) is 4.28. The molecule has 1 aromatic heterocycles. The van der Waals surface area contributed by atoms with Crippen LogP contribution in [0.3, 0.4) is 0 Å². The van der Waals surface area contributed by atoms with Gasteiger partial charge in [-0.1, -0.05) is 6.07 Å². The van der Waals surface area contributed by atoms with Crippen LogP contribution < -0.4 is 0 Å². The van der Waals surface area contributed by atoms with Crippen LogP contribution in [0, 0.1) is 0 Å². The summed E-state index contributed by atoms with van der Waals surface area (Å²) < 4.78 is 10.3. The highest BCUT2D eigenvalue weighted by molar-refractivity contribution is 5.74. The summed E-state index contributed by atoms with van der Waals surface area (Å²) in [7, 11) is 1.39. The lowest BCUT2D eigenvalue weighted by Gasteiger charge is -2.35. The lowest BCUT2D eigenvalue weighted by molar-refractivity contribution is -0.166. The predicted octanol–water partition coefficient (Wildman–Crippen LogP) is 0.844. The Morgan fingerprint density at radius 2 is 2.44 bits per heavy atom. The molecule has 1 aliphatic heterocycles. The summed E-state index contributed by atoms with van der Waals surface area (Å²) in [5, 5.41) is 0. The van der Waals surface area contributed by atoms with Crippen LogP contribution >= 0.6 is 0 Å². The lowest BCUT2D eigenvalue weighted by Crippen LogP contribution is -2.49. The van der Waals surface area contributed by atoms with Crippen LogP contribution in [0.25, 0.3) is 0 Å². The molecular formula is C13H18N2O3. The van der Waals surface area contributed by atoms with Crippen molar-refractivity contribution in [2.75, 3.05) is 20.2 Å². The zero-order chi connectivity index (χ0) is 13.0. The molecule has 0 aromatic carbocycles. The zero-order valence-electron chi connectivity index (χ0n) is 10.7. The monoisotopic (exact) mass is 250 g/mol. The Hall–Kier alpha value is -1.46. The second kappa shape index (κ2) is 5.93. The summed E-state index contributed by atoms with van der Waals surface area (Å²) in [6.07, 6.45) is 3.13. The fourth-order valence-corrected chi connectivity index (χ4v) is 2.18. The SMILES string of the molecule is COC(=O)[C@H]1CN(Cc2cccnc2)C[C@@H](C)O1. The minimum Gasteiger partial charge on any atom is -0.467 e. The van der Waals surface area contributed by atoms with E-state index in [2.05, 4.69) is 9.88 Å². The number of carbonyl (C=O) groups excluding carboxylic acids is 1. The Labute approximate surface area is 107 Å². The van der Waals surface area contributed by atoms with Gasteiger partial charge in [0.1, 0.15) is 0 Å². The molecule has 2 rings (SSSR count). The van der Waals surface area contributed by atoms with Gasteiger partial charge in [0.05, 0.1) is 13.2 Å². The number of pyridine rings is 1. The first-order chi connectivity index (χ1) is 8.69. The normalized spacial score (nSPS) is 24.8. The third kappa shape index (κ3) is 3.27. The minimum absolute atomic E-state index is 0.0273. The quantitative estimate of drug-likeness (QED) is 0.744. The van der Waals surface area contributed by atoms with Gasteiger partial charge < -0.3 is 9.47 Å². The van der Waals surface area contributed by atoms with Crippen molar-refractivity contribution in [1.29, 1.82) is 0 Å². The van der Waals surface area contributed by atoms with Gasteiger partial charge in [0.25, 0.3) is 0 Å². The number of nitrogens with zero attached hydrogens (tertiary/aromatic N) is 2. The van der Waals surface area contributed by atoms with E-state index < -0.39 is 6.10 Å². The summed E-state index contributed by atoms with van der Waals surface area (Å²) >= 11 is 0. The van der Waals surface area contributed by atoms with Crippen LogP contribution in [0.5, 0.6) is 0 Å². The largest absolute Gasteiger partial charge is 0.467 e. The molecule has 0 amide bonds. The number of ether oxygens (including phenoxy) is 2. The maximum atomic E-state index is 11.5. The van der Waals surface area contributed by atoms with Gasteiger partial charge in [-0.3, -0.25) is 9.88 Å². The predicted molar refractivity (Wildman–Crippen MR) is 65.9 cm³/mol. The lowest BCUT2D eigenvalue weighted by atomic mass is 10.2. The van der Waals surface area contributed by atoms with Gasteiger partial charge in [0.2, 0.25) is 0 Å². The van der Waals surface area contributed by atoms with Crippen molar-refractivity contribution < 1.29 is 14.3 Å². The van der Waals surface area contributed by atoms with Crippen molar-refractivity contribution in [3.05, 3.63) is 30.1 Å². The molecule has 1 aromatic rings. The third-order valence-corrected chi connectivity index (χ3v) is 2.93. The Morgan fingerprint density at radius 3 is 3.11 bits per heavy atom. The molecular weight excluding hydrogens is 232 g/mol. The average molecular weight is 250 g/mol. The van der Waals surface area contributed by atoms with Gasteiger partial charge >= 0.3 is 5.97 Å². The molecule has 98 valence electrons. The van der Waals surface area contributed by atoms with E-state index in [0.717, 1.165) is 18.7 Å². The summed E-state index contributed by atoms with van der Waals surface area (Å²) in [6, 6.07) is 3.94. The van der Waals surface area contributed by atoms with E-state index >= 15 is 0 Å². The molecule has 0 aliphatic carbocycles. The zero-order valence-corrected chi connectivity index (χ0v) is 10.7. The molecule has 0 bridgehead atoms. The van der Waals surface area contributed by atoms with Crippen LogP contribution in [-0.2, 0) is 20.8 Å². The molecule has 5 heteroatoms. The van der Waals surface area contributed by atoms with Crippen LogP contribution in [0.2, 0.25) is 0 Å². The van der Waals surface area contributed by atoms with Gasteiger partial charge in [-0.05, 0) is 18.6 Å².